The number of benzene rings is 2. The minimum absolute atomic E-state index is 0.00897. The van der Waals surface area contributed by atoms with E-state index in [4.69, 9.17) is 4.74 Å². The van der Waals surface area contributed by atoms with Gasteiger partial charge in [0.2, 0.25) is 15.9 Å². The Morgan fingerprint density at radius 3 is 2.35 bits per heavy atom. The quantitative estimate of drug-likeness (QED) is 0.789. The van der Waals surface area contributed by atoms with Crippen LogP contribution in [0, 0.1) is 6.92 Å². The van der Waals surface area contributed by atoms with Crippen molar-refractivity contribution < 1.29 is 17.9 Å². The summed E-state index contributed by atoms with van der Waals surface area (Å²) in [6.07, 6.45) is 3.09. The summed E-state index contributed by atoms with van der Waals surface area (Å²) in [5, 5.41) is 2.66. The molecular weight excluding hydrogens is 352 g/mol. The molecule has 1 amide bonds. The summed E-state index contributed by atoms with van der Waals surface area (Å²) in [5.41, 5.74) is 2.40. The molecule has 0 spiro atoms. The summed E-state index contributed by atoms with van der Waals surface area (Å²) in [5.74, 6) is -0.143. The van der Waals surface area contributed by atoms with Crippen molar-refractivity contribution in [3.8, 4) is 5.75 Å². The highest BCUT2D eigenvalue weighted by atomic mass is 32.2. The first-order valence-corrected chi connectivity index (χ1v) is 9.34. The van der Waals surface area contributed by atoms with E-state index in [1.807, 2.05) is 31.2 Å². The first-order valence-electron chi connectivity index (χ1n) is 7.90. The van der Waals surface area contributed by atoms with Gasteiger partial charge in [-0.05, 0) is 36.8 Å². The number of carbonyl (C=O) groups excluding carboxylic acids is 1. The van der Waals surface area contributed by atoms with Gasteiger partial charge in [0.05, 0.1) is 7.11 Å². The normalized spacial score (nSPS) is 11.7. The van der Waals surface area contributed by atoms with Crippen LogP contribution < -0.4 is 10.1 Å². The van der Waals surface area contributed by atoms with Gasteiger partial charge >= 0.3 is 0 Å². The number of hydrogen-bond acceptors (Lipinski definition) is 4. The summed E-state index contributed by atoms with van der Waals surface area (Å²) < 4.78 is 31.0. The Morgan fingerprint density at radius 2 is 1.77 bits per heavy atom. The molecule has 0 radical (unpaired) electrons. The van der Waals surface area contributed by atoms with Gasteiger partial charge in [-0.2, -0.15) is 0 Å². The number of rotatable bonds is 6. The number of anilines is 1. The SMILES string of the molecule is COc1ccc(NC(=O)/C=C/c2ccc(C)cc2)cc1S(=O)(=O)N(C)C. The number of carbonyl (C=O) groups is 1. The number of methoxy groups -OCH3 is 1. The summed E-state index contributed by atoms with van der Waals surface area (Å²) in [7, 11) is 0.567. The van der Waals surface area contributed by atoms with Gasteiger partial charge in [-0.25, -0.2) is 12.7 Å². The fourth-order valence-corrected chi connectivity index (χ4v) is 3.26. The lowest BCUT2D eigenvalue weighted by molar-refractivity contribution is -0.111. The number of ether oxygens (including phenoxy) is 1. The van der Waals surface area contributed by atoms with Crippen LogP contribution in [-0.4, -0.2) is 39.8 Å². The zero-order chi connectivity index (χ0) is 19.3. The summed E-state index contributed by atoms with van der Waals surface area (Å²) in [4.78, 5) is 12.1. The van der Waals surface area contributed by atoms with Crippen molar-refractivity contribution in [2.45, 2.75) is 11.8 Å². The molecule has 0 saturated carbocycles. The average molecular weight is 374 g/mol. The van der Waals surface area contributed by atoms with Gasteiger partial charge in [0.15, 0.2) is 0 Å². The molecule has 0 bridgehead atoms. The average Bonchev–Trinajstić information content (AvgIpc) is 2.61. The van der Waals surface area contributed by atoms with Crippen LogP contribution in [0.3, 0.4) is 0 Å². The molecular formula is C19H22N2O4S. The molecule has 2 aromatic carbocycles. The van der Waals surface area contributed by atoms with E-state index in [-0.39, 0.29) is 16.6 Å². The maximum atomic E-state index is 12.4. The molecule has 0 aliphatic carbocycles. The number of nitrogens with zero attached hydrogens (tertiary/aromatic N) is 1. The third-order valence-corrected chi connectivity index (χ3v) is 5.53. The van der Waals surface area contributed by atoms with Gasteiger partial charge in [-0.3, -0.25) is 4.79 Å². The second kappa shape index (κ2) is 8.16. The van der Waals surface area contributed by atoms with E-state index in [1.165, 1.54) is 39.4 Å². The topological polar surface area (TPSA) is 75.7 Å². The highest BCUT2D eigenvalue weighted by molar-refractivity contribution is 7.89. The molecule has 1 N–H and O–H groups in total. The summed E-state index contributed by atoms with van der Waals surface area (Å²) >= 11 is 0. The van der Waals surface area contributed by atoms with Crippen molar-refractivity contribution in [3.63, 3.8) is 0 Å². The zero-order valence-corrected chi connectivity index (χ0v) is 16.0. The smallest absolute Gasteiger partial charge is 0.248 e. The third kappa shape index (κ3) is 4.71. The molecule has 0 heterocycles. The largest absolute Gasteiger partial charge is 0.495 e. The Kier molecular flexibility index (Phi) is 6.18. The van der Waals surface area contributed by atoms with E-state index in [1.54, 1.807) is 12.1 Å². The van der Waals surface area contributed by atoms with E-state index >= 15 is 0 Å². The Morgan fingerprint density at radius 1 is 1.12 bits per heavy atom. The standard InChI is InChI=1S/C19H22N2O4S/c1-14-5-7-15(8-6-14)9-12-19(22)20-16-10-11-17(25-4)18(13-16)26(23,24)21(2)3/h5-13H,1-4H3,(H,20,22)/b12-9+. The maximum Gasteiger partial charge on any atom is 0.248 e. The number of aryl methyl sites for hydroxylation is 1. The second-order valence-corrected chi connectivity index (χ2v) is 8.01. The van der Waals surface area contributed by atoms with Gasteiger partial charge in [0, 0.05) is 25.9 Å². The van der Waals surface area contributed by atoms with Crippen molar-refractivity contribution in [1.29, 1.82) is 0 Å². The molecule has 138 valence electrons. The van der Waals surface area contributed by atoms with Gasteiger partial charge < -0.3 is 10.1 Å². The molecule has 0 aliphatic heterocycles. The van der Waals surface area contributed by atoms with Gasteiger partial charge in [-0.15, -0.1) is 0 Å². The molecule has 6 nitrogen and oxygen atoms in total. The van der Waals surface area contributed by atoms with E-state index < -0.39 is 10.0 Å². The van der Waals surface area contributed by atoms with Crippen molar-refractivity contribution >= 4 is 27.7 Å². The van der Waals surface area contributed by atoms with Crippen molar-refractivity contribution in [3.05, 3.63) is 59.7 Å². The highest BCUT2D eigenvalue weighted by Gasteiger charge is 2.22. The summed E-state index contributed by atoms with van der Waals surface area (Å²) in [6, 6.07) is 12.2. The number of nitrogens with one attached hydrogen (secondary N) is 1. The molecule has 0 unspecified atom stereocenters. The van der Waals surface area contributed by atoms with Crippen LogP contribution in [0.2, 0.25) is 0 Å². The van der Waals surface area contributed by atoms with Crippen LogP contribution >= 0.6 is 0 Å². The Bertz CT molecular complexity index is 917. The molecule has 0 atom stereocenters. The predicted octanol–water partition coefficient (Wildman–Crippen LogP) is 2.91. The van der Waals surface area contributed by atoms with Crippen LogP contribution in [-0.2, 0) is 14.8 Å². The first-order chi connectivity index (χ1) is 12.2. The molecule has 2 rings (SSSR count). The fraction of sp³-hybridized carbons (Fsp3) is 0.211. The molecule has 0 saturated heterocycles. The molecule has 26 heavy (non-hydrogen) atoms. The predicted molar refractivity (Wildman–Crippen MR) is 103 cm³/mol. The van der Waals surface area contributed by atoms with Crippen LogP contribution in [0.1, 0.15) is 11.1 Å². The zero-order valence-electron chi connectivity index (χ0n) is 15.2. The van der Waals surface area contributed by atoms with Crippen molar-refractivity contribution in [1.82, 2.24) is 4.31 Å². The Balaban J connectivity index is 2.21. The molecule has 2 aromatic rings. The number of sulfonamides is 1. The number of amides is 1. The summed E-state index contributed by atoms with van der Waals surface area (Å²) in [6.45, 7) is 1.99. The lowest BCUT2D eigenvalue weighted by Crippen LogP contribution is -2.23. The molecule has 0 aromatic heterocycles. The second-order valence-electron chi connectivity index (χ2n) is 5.89. The maximum absolute atomic E-state index is 12.4. The third-order valence-electron chi connectivity index (χ3n) is 3.69. The Hall–Kier alpha value is -2.64. The molecule has 0 aliphatic rings. The fourth-order valence-electron chi connectivity index (χ4n) is 2.19. The van der Waals surface area contributed by atoms with Crippen LogP contribution in [0.25, 0.3) is 6.08 Å². The van der Waals surface area contributed by atoms with Crippen LogP contribution in [0.5, 0.6) is 5.75 Å². The van der Waals surface area contributed by atoms with E-state index in [2.05, 4.69) is 5.32 Å². The first kappa shape index (κ1) is 19.7. The van der Waals surface area contributed by atoms with Crippen molar-refractivity contribution in [2.75, 3.05) is 26.5 Å². The van der Waals surface area contributed by atoms with Crippen LogP contribution in [0.4, 0.5) is 5.69 Å². The highest BCUT2D eigenvalue weighted by Crippen LogP contribution is 2.28. The monoisotopic (exact) mass is 374 g/mol. The van der Waals surface area contributed by atoms with Gasteiger partial charge in [-0.1, -0.05) is 29.8 Å². The minimum Gasteiger partial charge on any atom is -0.495 e. The van der Waals surface area contributed by atoms with Crippen molar-refractivity contribution in [2.24, 2.45) is 0 Å². The van der Waals surface area contributed by atoms with E-state index in [9.17, 15) is 13.2 Å². The lowest BCUT2D eigenvalue weighted by Gasteiger charge is -2.15. The molecule has 7 heteroatoms. The number of hydrogen-bond donors (Lipinski definition) is 1. The van der Waals surface area contributed by atoms with Gasteiger partial charge in [0.25, 0.3) is 0 Å². The molecule has 0 fully saturated rings. The van der Waals surface area contributed by atoms with E-state index in [0.717, 1.165) is 15.4 Å². The van der Waals surface area contributed by atoms with Gasteiger partial charge in [0.1, 0.15) is 10.6 Å². The lowest BCUT2D eigenvalue weighted by atomic mass is 10.1. The Labute approximate surface area is 154 Å². The van der Waals surface area contributed by atoms with E-state index in [0.29, 0.717) is 5.69 Å². The minimum atomic E-state index is -3.70. The van der Waals surface area contributed by atoms with Crippen LogP contribution in [0.15, 0.2) is 53.4 Å².